The second-order valence-corrected chi connectivity index (χ2v) is 1.79. The minimum Gasteiger partial charge on any atom is -0.298 e. The zero-order valence-electron chi connectivity index (χ0n) is 5.80. The van der Waals surface area contributed by atoms with E-state index >= 15 is 0 Å². The summed E-state index contributed by atoms with van der Waals surface area (Å²) < 4.78 is 0. The van der Waals surface area contributed by atoms with Crippen molar-refractivity contribution in [1.82, 2.24) is 0 Å². The van der Waals surface area contributed by atoms with Crippen LogP contribution < -0.4 is 0 Å². The number of nitrogens with zero attached hydrogens (tertiary/aromatic N) is 2. The number of nitriles is 1. The summed E-state index contributed by atoms with van der Waals surface area (Å²) in [7, 11) is 0. The lowest BCUT2D eigenvalue weighted by Gasteiger charge is -1.83. The fraction of sp³-hybridized carbons (Fsp3) is 0.714. The van der Waals surface area contributed by atoms with Crippen LogP contribution in [0.25, 0.3) is 0 Å². The van der Waals surface area contributed by atoms with E-state index in [0.29, 0.717) is 6.42 Å². The minimum atomic E-state index is 0.590. The van der Waals surface area contributed by atoms with E-state index in [-0.39, 0.29) is 0 Å². The van der Waals surface area contributed by atoms with Gasteiger partial charge in [-0.05, 0) is 19.1 Å². The van der Waals surface area contributed by atoms with Crippen molar-refractivity contribution in [1.29, 1.82) is 5.26 Å². The first-order valence-electron chi connectivity index (χ1n) is 3.27. The third-order valence-electron chi connectivity index (χ3n) is 0.867. The summed E-state index contributed by atoms with van der Waals surface area (Å²) in [5.74, 6) is 0. The molecular weight excluding hydrogens is 112 g/mol. The lowest BCUT2D eigenvalue weighted by atomic mass is 10.3. The molecule has 0 fully saturated rings. The molecule has 0 N–H and O–H groups in total. The van der Waals surface area contributed by atoms with Crippen molar-refractivity contribution >= 4 is 6.21 Å². The van der Waals surface area contributed by atoms with Gasteiger partial charge in [-0.2, -0.15) is 5.26 Å². The molecule has 9 heavy (non-hydrogen) atoms. The third kappa shape index (κ3) is 7.16. The molecular formula is C7H12N2. The number of aliphatic imine (C=N–C) groups is 1. The van der Waals surface area contributed by atoms with Crippen LogP contribution in [0.3, 0.4) is 0 Å². The molecule has 0 rings (SSSR count). The molecule has 0 unspecified atom stereocenters. The van der Waals surface area contributed by atoms with Gasteiger partial charge in [-0.1, -0.05) is 6.92 Å². The van der Waals surface area contributed by atoms with Crippen molar-refractivity contribution in [3.05, 3.63) is 0 Å². The van der Waals surface area contributed by atoms with Gasteiger partial charge in [0, 0.05) is 13.0 Å². The first-order valence-corrected chi connectivity index (χ1v) is 3.27. The van der Waals surface area contributed by atoms with E-state index in [1.807, 2.05) is 6.21 Å². The van der Waals surface area contributed by atoms with E-state index in [2.05, 4.69) is 18.0 Å². The molecule has 2 heteroatoms. The highest BCUT2D eigenvalue weighted by Crippen LogP contribution is 1.82. The molecule has 0 amide bonds. The predicted molar refractivity (Wildman–Crippen MR) is 38.5 cm³/mol. The standard InChI is InChI=1S/C7H12N2/c1-2-6-9-7-4-3-5-8/h7H,2-4,6H2,1H3. The molecule has 0 aromatic rings. The Morgan fingerprint density at radius 3 is 3.00 bits per heavy atom. The van der Waals surface area contributed by atoms with E-state index in [1.54, 1.807) is 0 Å². The summed E-state index contributed by atoms with van der Waals surface area (Å²) >= 11 is 0. The Morgan fingerprint density at radius 1 is 1.67 bits per heavy atom. The highest BCUT2D eigenvalue weighted by atomic mass is 14.7. The molecule has 2 nitrogen and oxygen atoms in total. The average molecular weight is 124 g/mol. The van der Waals surface area contributed by atoms with Gasteiger partial charge < -0.3 is 0 Å². The van der Waals surface area contributed by atoms with E-state index in [1.165, 1.54) is 0 Å². The Morgan fingerprint density at radius 2 is 2.44 bits per heavy atom. The fourth-order valence-corrected chi connectivity index (χ4v) is 0.441. The Labute approximate surface area is 56.2 Å². The van der Waals surface area contributed by atoms with E-state index in [0.717, 1.165) is 19.4 Å². The summed E-state index contributed by atoms with van der Waals surface area (Å²) in [5.41, 5.74) is 0. The van der Waals surface area contributed by atoms with E-state index < -0.39 is 0 Å². The van der Waals surface area contributed by atoms with Gasteiger partial charge in [-0.3, -0.25) is 4.99 Å². The van der Waals surface area contributed by atoms with Crippen molar-refractivity contribution in [2.45, 2.75) is 26.2 Å². The fourth-order valence-electron chi connectivity index (χ4n) is 0.441. The monoisotopic (exact) mass is 124 g/mol. The Bertz CT molecular complexity index is 111. The van der Waals surface area contributed by atoms with Gasteiger partial charge in [0.15, 0.2) is 0 Å². The van der Waals surface area contributed by atoms with Crippen LogP contribution in [0.4, 0.5) is 0 Å². The molecule has 0 saturated carbocycles. The van der Waals surface area contributed by atoms with Crippen LogP contribution in [-0.4, -0.2) is 12.8 Å². The molecule has 0 radical (unpaired) electrons. The van der Waals surface area contributed by atoms with Crippen molar-refractivity contribution in [3.63, 3.8) is 0 Å². The van der Waals surface area contributed by atoms with E-state index in [4.69, 9.17) is 5.26 Å². The van der Waals surface area contributed by atoms with Crippen LogP contribution in [0.15, 0.2) is 4.99 Å². The topological polar surface area (TPSA) is 36.1 Å². The Kier molecular flexibility index (Phi) is 6.49. The van der Waals surface area contributed by atoms with Crippen molar-refractivity contribution < 1.29 is 0 Å². The maximum absolute atomic E-state index is 8.11. The Balaban J connectivity index is 2.97. The molecule has 0 aliphatic rings. The largest absolute Gasteiger partial charge is 0.298 e. The van der Waals surface area contributed by atoms with Crippen LogP contribution in [0.5, 0.6) is 0 Å². The summed E-state index contributed by atoms with van der Waals surface area (Å²) in [6.45, 7) is 2.98. The second-order valence-electron chi connectivity index (χ2n) is 1.79. The van der Waals surface area contributed by atoms with Crippen molar-refractivity contribution in [2.24, 2.45) is 4.99 Å². The molecule has 0 aliphatic carbocycles. The molecule has 0 aromatic carbocycles. The Hall–Kier alpha value is -0.840. The SMILES string of the molecule is CCCN=CCCC#N. The molecule has 0 atom stereocenters. The van der Waals surface area contributed by atoms with Gasteiger partial charge in [0.2, 0.25) is 0 Å². The number of hydrogen-bond acceptors (Lipinski definition) is 2. The lowest BCUT2D eigenvalue weighted by molar-refractivity contribution is 0.929. The van der Waals surface area contributed by atoms with Crippen molar-refractivity contribution in [2.75, 3.05) is 6.54 Å². The van der Waals surface area contributed by atoms with Crippen molar-refractivity contribution in [3.8, 4) is 6.07 Å². The molecule has 0 saturated heterocycles. The van der Waals surface area contributed by atoms with Crippen LogP contribution in [0, 0.1) is 11.3 Å². The van der Waals surface area contributed by atoms with Crippen LogP contribution in [0.1, 0.15) is 26.2 Å². The first kappa shape index (κ1) is 8.16. The van der Waals surface area contributed by atoms with Gasteiger partial charge >= 0.3 is 0 Å². The van der Waals surface area contributed by atoms with Crippen LogP contribution in [0.2, 0.25) is 0 Å². The zero-order valence-corrected chi connectivity index (χ0v) is 5.80. The molecule has 0 bridgehead atoms. The summed E-state index contributed by atoms with van der Waals surface area (Å²) in [4.78, 5) is 4.05. The number of unbranched alkanes of at least 4 members (excludes halogenated alkanes) is 1. The second kappa shape index (κ2) is 7.16. The minimum absolute atomic E-state index is 0.590. The van der Waals surface area contributed by atoms with E-state index in [9.17, 15) is 0 Å². The molecule has 0 spiro atoms. The van der Waals surface area contributed by atoms with Gasteiger partial charge in [0.25, 0.3) is 0 Å². The maximum Gasteiger partial charge on any atom is 0.0625 e. The number of rotatable bonds is 4. The van der Waals surface area contributed by atoms with Crippen LogP contribution >= 0.6 is 0 Å². The summed E-state index contributed by atoms with van der Waals surface area (Å²) in [6, 6.07) is 2.05. The molecule has 0 aromatic heterocycles. The summed E-state index contributed by atoms with van der Waals surface area (Å²) in [6.07, 6.45) is 4.31. The van der Waals surface area contributed by atoms with Gasteiger partial charge in [0.1, 0.15) is 0 Å². The predicted octanol–water partition coefficient (Wildman–Crippen LogP) is 1.77. The first-order chi connectivity index (χ1) is 4.41. The third-order valence-corrected chi connectivity index (χ3v) is 0.867. The van der Waals surface area contributed by atoms with Gasteiger partial charge in [-0.25, -0.2) is 0 Å². The smallest absolute Gasteiger partial charge is 0.0625 e. The summed E-state index contributed by atoms with van der Waals surface area (Å²) in [5, 5.41) is 8.11. The normalized spacial score (nSPS) is 9.78. The molecule has 0 aliphatic heterocycles. The quantitative estimate of drug-likeness (QED) is 0.415. The molecule has 50 valence electrons. The van der Waals surface area contributed by atoms with Gasteiger partial charge in [0.05, 0.1) is 6.07 Å². The maximum atomic E-state index is 8.11. The average Bonchev–Trinajstić information content (AvgIpc) is 1.89. The number of hydrogen-bond donors (Lipinski definition) is 0. The van der Waals surface area contributed by atoms with Crippen LogP contribution in [-0.2, 0) is 0 Å². The molecule has 0 heterocycles. The lowest BCUT2D eigenvalue weighted by Crippen LogP contribution is -1.78. The highest BCUT2D eigenvalue weighted by Gasteiger charge is 1.76. The van der Waals surface area contributed by atoms with Gasteiger partial charge in [-0.15, -0.1) is 0 Å². The zero-order chi connectivity index (χ0) is 6.95. The highest BCUT2D eigenvalue weighted by molar-refractivity contribution is 5.57.